The van der Waals surface area contributed by atoms with Gasteiger partial charge in [-0.2, -0.15) is 0 Å². The van der Waals surface area contributed by atoms with Crippen LogP contribution in [0.1, 0.15) is 30.6 Å². The molecular weight excluding hydrogens is 276 g/mol. The van der Waals surface area contributed by atoms with Crippen LogP contribution in [0.25, 0.3) is 0 Å². The van der Waals surface area contributed by atoms with Crippen molar-refractivity contribution in [1.82, 2.24) is 4.72 Å². The number of nitrogens with zero attached hydrogens (tertiary/aromatic N) is 1. The molecule has 5 nitrogen and oxygen atoms in total. The van der Waals surface area contributed by atoms with Crippen LogP contribution in [-0.4, -0.2) is 39.4 Å². The van der Waals surface area contributed by atoms with Crippen molar-refractivity contribution in [2.45, 2.75) is 25.9 Å². The Balaban J connectivity index is 2.02. The monoisotopic (exact) mass is 298 g/mol. The highest BCUT2D eigenvalue weighted by Gasteiger charge is 2.19. The molecular formula is C14H22N2O3S. The number of hydrogen-bond acceptors (Lipinski definition) is 4. The molecule has 1 aliphatic heterocycles. The van der Waals surface area contributed by atoms with Crippen LogP contribution < -0.4 is 9.62 Å². The van der Waals surface area contributed by atoms with E-state index in [-0.39, 0.29) is 12.3 Å². The van der Waals surface area contributed by atoms with Gasteiger partial charge >= 0.3 is 0 Å². The number of anilines is 1. The van der Waals surface area contributed by atoms with Crippen molar-refractivity contribution in [3.05, 3.63) is 29.3 Å². The number of benzene rings is 1. The average molecular weight is 298 g/mol. The van der Waals surface area contributed by atoms with E-state index in [2.05, 4.69) is 9.62 Å². The minimum atomic E-state index is -3.27. The molecule has 1 aromatic carbocycles. The summed E-state index contributed by atoms with van der Waals surface area (Å²) in [6.45, 7) is 2.82. The van der Waals surface area contributed by atoms with Crippen molar-refractivity contribution in [2.24, 2.45) is 0 Å². The molecule has 20 heavy (non-hydrogen) atoms. The smallest absolute Gasteiger partial charge is 0.211 e. The maximum absolute atomic E-state index is 11.6. The highest BCUT2D eigenvalue weighted by Crippen LogP contribution is 2.29. The van der Waals surface area contributed by atoms with Gasteiger partial charge in [-0.05, 0) is 30.0 Å². The van der Waals surface area contributed by atoms with Crippen molar-refractivity contribution in [3.63, 3.8) is 0 Å². The maximum atomic E-state index is 11.6. The fourth-order valence-corrected chi connectivity index (χ4v) is 3.55. The molecule has 0 radical (unpaired) electrons. The second-order valence-corrected chi connectivity index (χ2v) is 7.17. The summed E-state index contributed by atoms with van der Waals surface area (Å²) in [5, 5.41) is 10.1. The fraction of sp³-hybridized carbons (Fsp3) is 0.571. The molecule has 0 saturated heterocycles. The molecule has 0 unspecified atom stereocenters. The lowest BCUT2D eigenvalue weighted by molar-refractivity contribution is 0.182. The van der Waals surface area contributed by atoms with E-state index in [1.165, 1.54) is 11.3 Å². The molecule has 0 amide bonds. The van der Waals surface area contributed by atoms with Gasteiger partial charge in [0, 0.05) is 25.8 Å². The van der Waals surface area contributed by atoms with Crippen LogP contribution in [0.3, 0.4) is 0 Å². The first-order chi connectivity index (χ1) is 9.43. The van der Waals surface area contributed by atoms with Gasteiger partial charge in [-0.15, -0.1) is 0 Å². The van der Waals surface area contributed by atoms with E-state index in [1.54, 1.807) is 0 Å². The fourth-order valence-electron chi connectivity index (χ4n) is 2.46. The van der Waals surface area contributed by atoms with Gasteiger partial charge in [0.1, 0.15) is 0 Å². The summed E-state index contributed by atoms with van der Waals surface area (Å²) in [6, 6.07) is 5.82. The second kappa shape index (κ2) is 6.11. The lowest BCUT2D eigenvalue weighted by Crippen LogP contribution is -2.30. The summed E-state index contributed by atoms with van der Waals surface area (Å²) in [5.74, 6) is 0.0920. The molecule has 0 bridgehead atoms. The number of rotatable bonds is 6. The Morgan fingerprint density at radius 2 is 2.20 bits per heavy atom. The highest BCUT2D eigenvalue weighted by molar-refractivity contribution is 7.89. The second-order valence-electron chi connectivity index (χ2n) is 5.24. The maximum Gasteiger partial charge on any atom is 0.211 e. The summed E-state index contributed by atoms with van der Waals surface area (Å²) in [4.78, 5) is 2.18. The van der Waals surface area contributed by atoms with E-state index in [9.17, 15) is 13.5 Å². The molecule has 1 heterocycles. The Hall–Kier alpha value is -1.11. The number of sulfonamides is 1. The zero-order chi connectivity index (χ0) is 14.8. The van der Waals surface area contributed by atoms with Gasteiger partial charge in [0.15, 0.2) is 0 Å². The van der Waals surface area contributed by atoms with Crippen molar-refractivity contribution in [2.75, 3.05) is 30.8 Å². The summed E-state index contributed by atoms with van der Waals surface area (Å²) in [7, 11) is -1.23. The number of hydrogen-bond donors (Lipinski definition) is 2. The van der Waals surface area contributed by atoms with Crippen LogP contribution in [0.5, 0.6) is 0 Å². The van der Waals surface area contributed by atoms with Crippen molar-refractivity contribution in [1.29, 1.82) is 0 Å². The van der Waals surface area contributed by atoms with E-state index in [0.29, 0.717) is 6.42 Å². The zero-order valence-electron chi connectivity index (χ0n) is 12.0. The molecule has 0 aromatic heterocycles. The van der Waals surface area contributed by atoms with Gasteiger partial charge < -0.3 is 10.0 Å². The number of fused-ring (bicyclic) bond motifs is 1. The molecule has 112 valence electrons. The Morgan fingerprint density at radius 1 is 1.45 bits per heavy atom. The van der Waals surface area contributed by atoms with Crippen LogP contribution in [0, 0.1) is 0 Å². The largest absolute Gasteiger partial charge is 0.387 e. The molecule has 2 rings (SSSR count). The third-order valence-electron chi connectivity index (χ3n) is 3.59. The summed E-state index contributed by atoms with van der Waals surface area (Å²) in [6.07, 6.45) is 0.725. The predicted octanol–water partition coefficient (Wildman–Crippen LogP) is 1.04. The van der Waals surface area contributed by atoms with Gasteiger partial charge in [-0.25, -0.2) is 13.1 Å². The number of aliphatic hydroxyl groups excluding tert-OH is 1. The first-order valence-corrected chi connectivity index (χ1v) is 8.57. The van der Waals surface area contributed by atoms with Gasteiger partial charge in [-0.1, -0.05) is 19.1 Å². The van der Waals surface area contributed by atoms with E-state index in [0.717, 1.165) is 18.5 Å². The van der Waals surface area contributed by atoms with Gasteiger partial charge in [0.2, 0.25) is 10.0 Å². The van der Waals surface area contributed by atoms with Crippen LogP contribution in [0.4, 0.5) is 5.69 Å². The molecule has 0 spiro atoms. The SMILES string of the molecule is CCCS(=O)(=O)NC[C@@H](O)c1ccc2c(c1)CCN2C. The van der Waals surface area contributed by atoms with E-state index >= 15 is 0 Å². The third kappa shape index (κ3) is 3.50. The minimum absolute atomic E-state index is 0.0248. The van der Waals surface area contributed by atoms with Crippen LogP contribution >= 0.6 is 0 Å². The van der Waals surface area contributed by atoms with Crippen LogP contribution in [0.15, 0.2) is 18.2 Å². The molecule has 1 aromatic rings. The number of likely N-dealkylation sites (N-methyl/N-ethyl adjacent to an activating group) is 1. The minimum Gasteiger partial charge on any atom is -0.387 e. The lowest BCUT2D eigenvalue weighted by Gasteiger charge is -2.15. The van der Waals surface area contributed by atoms with E-state index in [1.807, 2.05) is 32.2 Å². The molecule has 0 saturated carbocycles. The van der Waals surface area contributed by atoms with Gasteiger partial charge in [0.25, 0.3) is 0 Å². The topological polar surface area (TPSA) is 69.6 Å². The van der Waals surface area contributed by atoms with E-state index < -0.39 is 16.1 Å². The molecule has 0 fully saturated rings. The average Bonchev–Trinajstić information content (AvgIpc) is 2.77. The Labute approximate surface area is 120 Å². The van der Waals surface area contributed by atoms with E-state index in [4.69, 9.17) is 0 Å². The van der Waals surface area contributed by atoms with Crippen molar-refractivity contribution in [3.8, 4) is 0 Å². The van der Waals surface area contributed by atoms with Crippen LogP contribution in [0.2, 0.25) is 0 Å². The van der Waals surface area contributed by atoms with Crippen LogP contribution in [-0.2, 0) is 16.4 Å². The molecule has 1 atom stereocenters. The molecule has 6 heteroatoms. The number of aliphatic hydroxyl groups is 1. The zero-order valence-corrected chi connectivity index (χ0v) is 12.8. The van der Waals surface area contributed by atoms with Gasteiger partial charge in [0.05, 0.1) is 11.9 Å². The highest BCUT2D eigenvalue weighted by atomic mass is 32.2. The quantitative estimate of drug-likeness (QED) is 0.823. The first kappa shape index (κ1) is 15.3. The molecule has 2 N–H and O–H groups in total. The Bertz CT molecular complexity index is 572. The number of nitrogens with one attached hydrogen (secondary N) is 1. The Morgan fingerprint density at radius 3 is 2.90 bits per heavy atom. The van der Waals surface area contributed by atoms with Crippen molar-refractivity contribution < 1.29 is 13.5 Å². The first-order valence-electron chi connectivity index (χ1n) is 6.92. The summed E-state index contributed by atoms with van der Waals surface area (Å²) >= 11 is 0. The predicted molar refractivity (Wildman–Crippen MR) is 80.5 cm³/mol. The lowest BCUT2D eigenvalue weighted by atomic mass is 10.0. The summed E-state index contributed by atoms with van der Waals surface area (Å²) < 4.78 is 25.6. The molecule has 0 aliphatic carbocycles. The summed E-state index contributed by atoms with van der Waals surface area (Å²) in [5.41, 5.74) is 3.16. The normalized spacial score (nSPS) is 16.2. The molecule has 1 aliphatic rings. The third-order valence-corrected chi connectivity index (χ3v) is 5.14. The van der Waals surface area contributed by atoms with Gasteiger partial charge in [-0.3, -0.25) is 0 Å². The van der Waals surface area contributed by atoms with Crippen molar-refractivity contribution >= 4 is 15.7 Å². The standard InChI is InChI=1S/C14H22N2O3S/c1-3-8-20(18,19)15-10-14(17)12-4-5-13-11(9-12)6-7-16(13)2/h4-5,9,14-15,17H,3,6-8,10H2,1-2H3/t14-/m1/s1. The Kier molecular flexibility index (Phi) is 4.67.